The Hall–Kier alpha value is -0.120. The van der Waals surface area contributed by atoms with Crippen LogP contribution < -0.4 is 0 Å². The van der Waals surface area contributed by atoms with Crippen LogP contribution in [0.25, 0.3) is 0 Å². The summed E-state index contributed by atoms with van der Waals surface area (Å²) in [5, 5.41) is 9.59. The molecule has 0 rings (SSSR count). The monoisotopic (exact) mass is 203 g/mol. The van der Waals surface area contributed by atoms with Crippen LogP contribution in [0.4, 0.5) is 0 Å². The van der Waals surface area contributed by atoms with E-state index in [2.05, 4.69) is 25.7 Å². The molecule has 1 unspecified atom stereocenters. The minimum absolute atomic E-state index is 0.0518. The van der Waals surface area contributed by atoms with Crippen molar-refractivity contribution in [1.82, 2.24) is 4.90 Å². The Morgan fingerprint density at radius 2 is 2.00 bits per heavy atom. The normalized spacial score (nSPS) is 14.8. The molecule has 0 aliphatic rings. The van der Waals surface area contributed by atoms with Crippen molar-refractivity contribution in [3.05, 3.63) is 0 Å². The third-order valence-corrected chi connectivity index (χ3v) is 2.82. The van der Waals surface area contributed by atoms with Gasteiger partial charge in [0.1, 0.15) is 0 Å². The van der Waals surface area contributed by atoms with Crippen LogP contribution in [0.1, 0.15) is 27.7 Å². The van der Waals surface area contributed by atoms with Gasteiger partial charge < -0.3 is 14.7 Å². The Morgan fingerprint density at radius 3 is 2.36 bits per heavy atom. The van der Waals surface area contributed by atoms with Crippen molar-refractivity contribution >= 4 is 0 Å². The van der Waals surface area contributed by atoms with Crippen LogP contribution >= 0.6 is 0 Å². The van der Waals surface area contributed by atoms with E-state index in [-0.39, 0.29) is 11.5 Å². The average Bonchev–Trinajstić information content (AvgIpc) is 2.11. The van der Waals surface area contributed by atoms with Crippen LogP contribution in [-0.2, 0) is 4.74 Å². The van der Waals surface area contributed by atoms with Crippen LogP contribution in [0.5, 0.6) is 0 Å². The third-order valence-electron chi connectivity index (χ3n) is 2.82. The summed E-state index contributed by atoms with van der Waals surface area (Å²) in [6.45, 7) is 11.8. The van der Waals surface area contributed by atoms with Gasteiger partial charge in [-0.1, -0.05) is 20.8 Å². The van der Waals surface area contributed by atoms with E-state index in [1.165, 1.54) is 0 Å². The molecule has 14 heavy (non-hydrogen) atoms. The Labute approximate surface area is 88.1 Å². The molecule has 0 aliphatic heterocycles. The molecular weight excluding hydrogens is 178 g/mol. The molecule has 0 radical (unpaired) electrons. The molecule has 0 aromatic carbocycles. The van der Waals surface area contributed by atoms with E-state index in [1.807, 2.05) is 6.92 Å². The largest absolute Gasteiger partial charge is 0.393 e. The number of hydrogen-bond acceptors (Lipinski definition) is 3. The van der Waals surface area contributed by atoms with Gasteiger partial charge in [0.05, 0.1) is 12.7 Å². The molecule has 0 bridgehead atoms. The first-order chi connectivity index (χ1) is 6.44. The molecule has 0 fully saturated rings. The SMILES string of the molecule is CCN(CCOC)CC(C)(C)C(C)O. The number of aliphatic hydroxyl groups excluding tert-OH is 1. The van der Waals surface area contributed by atoms with Gasteiger partial charge in [0.25, 0.3) is 0 Å². The van der Waals surface area contributed by atoms with E-state index < -0.39 is 0 Å². The van der Waals surface area contributed by atoms with Gasteiger partial charge in [-0.3, -0.25) is 0 Å². The van der Waals surface area contributed by atoms with Crippen LogP contribution in [0, 0.1) is 5.41 Å². The number of methoxy groups -OCH3 is 1. The highest BCUT2D eigenvalue weighted by atomic mass is 16.5. The minimum Gasteiger partial charge on any atom is -0.393 e. The fourth-order valence-corrected chi connectivity index (χ4v) is 1.28. The average molecular weight is 203 g/mol. The van der Waals surface area contributed by atoms with E-state index in [0.717, 1.165) is 26.2 Å². The van der Waals surface area contributed by atoms with Crippen molar-refractivity contribution in [2.75, 3.05) is 33.4 Å². The lowest BCUT2D eigenvalue weighted by atomic mass is 9.87. The van der Waals surface area contributed by atoms with Crippen LogP contribution in [0.2, 0.25) is 0 Å². The van der Waals surface area contributed by atoms with Crippen molar-refractivity contribution in [1.29, 1.82) is 0 Å². The smallest absolute Gasteiger partial charge is 0.0589 e. The third kappa shape index (κ3) is 4.94. The molecule has 0 aliphatic carbocycles. The fraction of sp³-hybridized carbons (Fsp3) is 1.00. The molecule has 0 saturated carbocycles. The molecule has 1 atom stereocenters. The van der Waals surface area contributed by atoms with Gasteiger partial charge in [0.15, 0.2) is 0 Å². The van der Waals surface area contributed by atoms with Gasteiger partial charge in [-0.2, -0.15) is 0 Å². The molecule has 0 amide bonds. The molecule has 0 aromatic heterocycles. The molecular formula is C11H25NO2. The lowest BCUT2D eigenvalue weighted by molar-refractivity contribution is 0.0290. The number of rotatable bonds is 7. The van der Waals surface area contributed by atoms with Crippen molar-refractivity contribution in [3.63, 3.8) is 0 Å². The summed E-state index contributed by atoms with van der Waals surface area (Å²) >= 11 is 0. The Morgan fingerprint density at radius 1 is 1.43 bits per heavy atom. The lowest BCUT2D eigenvalue weighted by Gasteiger charge is -2.34. The van der Waals surface area contributed by atoms with E-state index in [0.29, 0.717) is 0 Å². The maximum absolute atomic E-state index is 9.59. The first-order valence-electron chi connectivity index (χ1n) is 5.33. The standard InChI is InChI=1S/C11H25NO2/c1-6-12(7-8-14-5)9-11(3,4)10(2)13/h10,13H,6-9H2,1-5H3. The number of aliphatic hydroxyl groups is 1. The summed E-state index contributed by atoms with van der Waals surface area (Å²) in [6, 6.07) is 0. The summed E-state index contributed by atoms with van der Waals surface area (Å²) in [7, 11) is 1.72. The molecule has 0 spiro atoms. The van der Waals surface area contributed by atoms with Gasteiger partial charge in [-0.25, -0.2) is 0 Å². The van der Waals surface area contributed by atoms with Crippen LogP contribution in [0.15, 0.2) is 0 Å². The molecule has 0 heterocycles. The molecule has 0 aromatic rings. The lowest BCUT2D eigenvalue weighted by Crippen LogP contribution is -2.41. The highest BCUT2D eigenvalue weighted by molar-refractivity contribution is 4.78. The second-order valence-electron chi connectivity index (χ2n) is 4.53. The quantitative estimate of drug-likeness (QED) is 0.678. The van der Waals surface area contributed by atoms with Gasteiger partial charge in [-0.15, -0.1) is 0 Å². The van der Waals surface area contributed by atoms with E-state index in [1.54, 1.807) is 7.11 Å². The van der Waals surface area contributed by atoms with Crippen molar-refractivity contribution in [2.24, 2.45) is 5.41 Å². The number of hydrogen-bond donors (Lipinski definition) is 1. The maximum atomic E-state index is 9.59. The zero-order chi connectivity index (χ0) is 11.2. The number of nitrogens with zero attached hydrogens (tertiary/aromatic N) is 1. The second-order valence-corrected chi connectivity index (χ2v) is 4.53. The summed E-state index contributed by atoms with van der Waals surface area (Å²) in [4.78, 5) is 2.30. The summed E-state index contributed by atoms with van der Waals surface area (Å²) in [6.07, 6.45) is -0.279. The highest BCUT2D eigenvalue weighted by Gasteiger charge is 2.26. The minimum atomic E-state index is -0.279. The van der Waals surface area contributed by atoms with Crippen molar-refractivity contribution in [3.8, 4) is 0 Å². The zero-order valence-corrected chi connectivity index (χ0v) is 10.2. The number of ether oxygens (including phenoxy) is 1. The summed E-state index contributed by atoms with van der Waals surface area (Å²) in [5.41, 5.74) is -0.0518. The molecule has 3 nitrogen and oxygen atoms in total. The molecule has 86 valence electrons. The predicted octanol–water partition coefficient (Wildman–Crippen LogP) is 1.36. The first-order valence-corrected chi connectivity index (χ1v) is 5.33. The van der Waals surface area contributed by atoms with Crippen molar-refractivity contribution < 1.29 is 9.84 Å². The van der Waals surface area contributed by atoms with E-state index in [4.69, 9.17) is 4.74 Å². The highest BCUT2D eigenvalue weighted by Crippen LogP contribution is 2.21. The summed E-state index contributed by atoms with van der Waals surface area (Å²) < 4.78 is 5.04. The second kappa shape index (κ2) is 6.38. The van der Waals surface area contributed by atoms with Crippen LogP contribution in [-0.4, -0.2) is 49.5 Å². The van der Waals surface area contributed by atoms with Gasteiger partial charge in [0, 0.05) is 25.6 Å². The van der Waals surface area contributed by atoms with E-state index in [9.17, 15) is 5.11 Å². The Bertz CT molecular complexity index is 146. The Kier molecular flexibility index (Phi) is 6.33. The Balaban J connectivity index is 4.02. The molecule has 0 saturated heterocycles. The van der Waals surface area contributed by atoms with Gasteiger partial charge in [-0.05, 0) is 13.5 Å². The van der Waals surface area contributed by atoms with Crippen LogP contribution in [0.3, 0.4) is 0 Å². The van der Waals surface area contributed by atoms with E-state index >= 15 is 0 Å². The zero-order valence-electron chi connectivity index (χ0n) is 10.2. The van der Waals surface area contributed by atoms with Gasteiger partial charge >= 0.3 is 0 Å². The molecule has 1 N–H and O–H groups in total. The van der Waals surface area contributed by atoms with Crippen molar-refractivity contribution in [2.45, 2.75) is 33.8 Å². The van der Waals surface area contributed by atoms with Gasteiger partial charge in [0.2, 0.25) is 0 Å². The fourth-order valence-electron chi connectivity index (χ4n) is 1.28. The maximum Gasteiger partial charge on any atom is 0.0589 e. The number of likely N-dealkylation sites (N-methyl/N-ethyl adjacent to an activating group) is 1. The summed E-state index contributed by atoms with van der Waals surface area (Å²) in [5.74, 6) is 0. The predicted molar refractivity (Wildman–Crippen MR) is 59.5 cm³/mol. The molecule has 3 heteroatoms. The first kappa shape index (κ1) is 13.9. The topological polar surface area (TPSA) is 32.7 Å².